The molecular formula is C22H24N2O8. The van der Waals surface area contributed by atoms with Crippen LogP contribution in [0.3, 0.4) is 0 Å². The maximum atomic E-state index is 13.7. The van der Waals surface area contributed by atoms with Crippen LogP contribution in [0.4, 0.5) is 0 Å². The Labute approximate surface area is 182 Å². The fraction of sp³-hybridized carbons (Fsp3) is 0.409. The Balaban J connectivity index is 2.07. The van der Waals surface area contributed by atoms with Crippen molar-refractivity contribution in [3.05, 3.63) is 46.2 Å². The van der Waals surface area contributed by atoms with Crippen molar-refractivity contribution in [2.24, 2.45) is 17.6 Å². The number of rotatable bonds is 2. The van der Waals surface area contributed by atoms with E-state index in [0.29, 0.717) is 5.56 Å². The van der Waals surface area contributed by atoms with Crippen LogP contribution in [0.25, 0.3) is 5.76 Å². The third kappa shape index (κ3) is 2.48. The molecular weight excluding hydrogens is 420 g/mol. The maximum absolute atomic E-state index is 13.7. The fourth-order valence-corrected chi connectivity index (χ4v) is 5.58. The zero-order valence-corrected chi connectivity index (χ0v) is 17.6. The normalized spacial score (nSPS) is 34.4. The predicted molar refractivity (Wildman–Crippen MR) is 110 cm³/mol. The maximum Gasteiger partial charge on any atom is 0.255 e. The summed E-state index contributed by atoms with van der Waals surface area (Å²) in [4.78, 5) is 40.0. The summed E-state index contributed by atoms with van der Waals surface area (Å²) >= 11 is 0. The molecule has 0 heterocycles. The lowest BCUT2D eigenvalue weighted by molar-refractivity contribution is -0.169. The number of carbonyl (C=O) groups excluding carboxylic acids is 3. The topological polar surface area (TPSA) is 182 Å². The molecule has 0 spiro atoms. The second-order valence-corrected chi connectivity index (χ2v) is 8.79. The van der Waals surface area contributed by atoms with Gasteiger partial charge in [-0.3, -0.25) is 19.3 Å². The lowest BCUT2D eigenvalue weighted by Gasteiger charge is -2.53. The number of amides is 1. The standard InChI is InChI=1S/C22H24N2O8/c1-7-8-5-4-6-9(25)11(8)16(26)12-10(7)17(27)14-15(24(2)3)18(28)13(21(23)31)20(30)22(14,32)19(12)29/h4-7,10,14-15,17,25-27,30,32H,1-3H3,(H2,23,31)/t7?,10-,14-,15-,17+,22+/m1/s1. The van der Waals surface area contributed by atoms with E-state index in [2.05, 4.69) is 0 Å². The minimum Gasteiger partial charge on any atom is -0.508 e. The average Bonchev–Trinajstić information content (AvgIpc) is 2.70. The van der Waals surface area contributed by atoms with Crippen molar-refractivity contribution < 1.29 is 39.9 Å². The van der Waals surface area contributed by atoms with Gasteiger partial charge >= 0.3 is 0 Å². The van der Waals surface area contributed by atoms with Crippen LogP contribution < -0.4 is 5.73 Å². The number of likely N-dealkylation sites (N-methyl/N-ethyl adjacent to an activating group) is 1. The zero-order chi connectivity index (χ0) is 23.9. The molecule has 0 radical (unpaired) electrons. The van der Waals surface area contributed by atoms with Crippen LogP contribution >= 0.6 is 0 Å². The smallest absolute Gasteiger partial charge is 0.255 e. The van der Waals surface area contributed by atoms with Gasteiger partial charge in [0, 0.05) is 11.5 Å². The molecule has 0 saturated heterocycles. The molecule has 3 aliphatic rings. The van der Waals surface area contributed by atoms with Gasteiger partial charge in [-0.1, -0.05) is 19.1 Å². The highest BCUT2D eigenvalue weighted by Crippen LogP contribution is 2.55. The van der Waals surface area contributed by atoms with E-state index in [4.69, 9.17) is 5.73 Å². The molecule has 3 aliphatic carbocycles. The molecule has 32 heavy (non-hydrogen) atoms. The Morgan fingerprint density at radius 1 is 1.16 bits per heavy atom. The van der Waals surface area contributed by atoms with Gasteiger partial charge in [-0.05, 0) is 31.6 Å². The van der Waals surface area contributed by atoms with E-state index in [1.165, 1.54) is 25.1 Å². The highest BCUT2D eigenvalue weighted by atomic mass is 16.4. The number of fused-ring (bicyclic) bond motifs is 3. The summed E-state index contributed by atoms with van der Waals surface area (Å²) in [6.45, 7) is 1.68. The summed E-state index contributed by atoms with van der Waals surface area (Å²) in [5, 5.41) is 54.9. The third-order valence-corrected chi connectivity index (χ3v) is 6.99. The highest BCUT2D eigenvalue weighted by molar-refractivity contribution is 6.24. The number of nitrogens with two attached hydrogens (primary N) is 1. The largest absolute Gasteiger partial charge is 0.508 e. The van der Waals surface area contributed by atoms with Crippen LogP contribution in [0, 0.1) is 11.8 Å². The molecule has 4 rings (SSSR count). The molecule has 7 N–H and O–H groups in total. The number of benzene rings is 1. The van der Waals surface area contributed by atoms with Gasteiger partial charge in [-0.2, -0.15) is 0 Å². The van der Waals surface area contributed by atoms with Gasteiger partial charge in [0.2, 0.25) is 5.78 Å². The van der Waals surface area contributed by atoms with Gasteiger partial charge in [0.05, 0.1) is 23.6 Å². The van der Waals surface area contributed by atoms with Crippen molar-refractivity contribution in [3.8, 4) is 5.75 Å². The number of ketones is 2. The number of carbonyl (C=O) groups is 3. The quantitative estimate of drug-likeness (QED) is 0.327. The summed E-state index contributed by atoms with van der Waals surface area (Å²) in [5.41, 5.74) is 1.47. The summed E-state index contributed by atoms with van der Waals surface area (Å²) < 4.78 is 0. The number of aromatic hydroxyl groups is 1. The number of Topliss-reactive ketones (excluding diaryl/α,β-unsaturated/α-hetero) is 2. The molecule has 170 valence electrons. The van der Waals surface area contributed by atoms with Crippen molar-refractivity contribution in [1.82, 2.24) is 4.90 Å². The molecule has 1 aromatic carbocycles. The molecule has 1 aromatic rings. The Bertz CT molecular complexity index is 1140. The number of phenolic OH excluding ortho intramolecular Hbond substituents is 1. The number of hydrogen-bond acceptors (Lipinski definition) is 9. The summed E-state index contributed by atoms with van der Waals surface area (Å²) in [6.07, 6.45) is -1.59. The number of aliphatic hydroxyl groups excluding tert-OH is 3. The summed E-state index contributed by atoms with van der Waals surface area (Å²) in [6, 6.07) is 3.13. The van der Waals surface area contributed by atoms with Gasteiger partial charge in [-0.15, -0.1) is 0 Å². The number of aliphatic hydroxyl groups is 4. The molecule has 6 atom stereocenters. The molecule has 1 fully saturated rings. The molecule has 1 unspecified atom stereocenters. The van der Waals surface area contributed by atoms with Crippen LogP contribution in [0.15, 0.2) is 35.1 Å². The van der Waals surface area contributed by atoms with E-state index < -0.39 is 75.6 Å². The number of hydrogen-bond donors (Lipinski definition) is 6. The van der Waals surface area contributed by atoms with Crippen LogP contribution in [0.2, 0.25) is 0 Å². The van der Waals surface area contributed by atoms with Gasteiger partial charge in [0.1, 0.15) is 22.8 Å². The van der Waals surface area contributed by atoms with E-state index in [-0.39, 0.29) is 11.3 Å². The number of phenols is 1. The van der Waals surface area contributed by atoms with E-state index in [1.54, 1.807) is 19.1 Å². The first-order valence-electron chi connectivity index (χ1n) is 10.0. The van der Waals surface area contributed by atoms with Crippen LogP contribution in [0.1, 0.15) is 24.0 Å². The second kappa shape index (κ2) is 6.89. The molecule has 1 amide bonds. The Morgan fingerprint density at radius 3 is 2.34 bits per heavy atom. The molecule has 10 nitrogen and oxygen atoms in total. The number of primary amides is 1. The molecule has 1 saturated carbocycles. The van der Waals surface area contributed by atoms with Crippen LogP contribution in [-0.4, -0.2) is 79.7 Å². The van der Waals surface area contributed by atoms with Gasteiger partial charge in [0.25, 0.3) is 5.91 Å². The lowest BCUT2D eigenvalue weighted by atomic mass is 9.54. The first-order chi connectivity index (χ1) is 14.9. The van der Waals surface area contributed by atoms with E-state index >= 15 is 0 Å². The van der Waals surface area contributed by atoms with Gasteiger partial charge in [0.15, 0.2) is 11.4 Å². The van der Waals surface area contributed by atoms with E-state index in [9.17, 15) is 39.9 Å². The van der Waals surface area contributed by atoms with Crippen molar-refractivity contribution in [3.63, 3.8) is 0 Å². The Kier molecular flexibility index (Phi) is 4.74. The summed E-state index contributed by atoms with van der Waals surface area (Å²) in [7, 11) is 2.92. The molecule has 0 bridgehead atoms. The van der Waals surface area contributed by atoms with Gasteiger partial charge in [-0.25, -0.2) is 0 Å². The Hall–Kier alpha value is -3.21. The first kappa shape index (κ1) is 22.0. The monoisotopic (exact) mass is 444 g/mol. The number of nitrogens with zero attached hydrogens (tertiary/aromatic N) is 1. The van der Waals surface area contributed by atoms with Crippen molar-refractivity contribution in [2.75, 3.05) is 14.1 Å². The van der Waals surface area contributed by atoms with Crippen LogP contribution in [-0.2, 0) is 14.4 Å². The van der Waals surface area contributed by atoms with E-state index in [1.807, 2.05) is 0 Å². The lowest BCUT2D eigenvalue weighted by Crippen LogP contribution is -2.70. The van der Waals surface area contributed by atoms with Crippen LogP contribution in [0.5, 0.6) is 5.75 Å². The molecule has 0 aliphatic heterocycles. The van der Waals surface area contributed by atoms with Crippen molar-refractivity contribution in [1.29, 1.82) is 0 Å². The fourth-order valence-electron chi connectivity index (χ4n) is 5.58. The van der Waals surface area contributed by atoms with E-state index in [0.717, 1.165) is 0 Å². The van der Waals surface area contributed by atoms with Crippen molar-refractivity contribution >= 4 is 23.2 Å². The minimum atomic E-state index is -2.89. The average molecular weight is 444 g/mol. The van der Waals surface area contributed by atoms with Crippen molar-refractivity contribution in [2.45, 2.75) is 30.6 Å². The minimum absolute atomic E-state index is 0.0245. The summed E-state index contributed by atoms with van der Waals surface area (Å²) in [5.74, 6) is -8.87. The molecule has 0 aromatic heterocycles. The second-order valence-electron chi connectivity index (χ2n) is 8.79. The Morgan fingerprint density at radius 2 is 1.78 bits per heavy atom. The molecule has 10 heteroatoms. The SMILES string of the molecule is CC1c2cccc(O)c2C(O)=C2C(=O)[C@]3(O)C(O)=C(C(N)=O)C(=O)[C@H](N(C)C)[C@@H]3[C@@H](O)[C@@H]21. The zero-order valence-electron chi connectivity index (χ0n) is 17.6. The predicted octanol–water partition coefficient (Wildman–Crippen LogP) is -0.504. The third-order valence-electron chi connectivity index (χ3n) is 6.99. The first-order valence-corrected chi connectivity index (χ1v) is 10.0. The van der Waals surface area contributed by atoms with Gasteiger partial charge < -0.3 is 31.3 Å². The highest BCUT2D eigenvalue weighted by Gasteiger charge is 2.68.